The third-order valence-corrected chi connectivity index (χ3v) is 2.64. The zero-order valence-electron chi connectivity index (χ0n) is 7.70. The van der Waals surface area contributed by atoms with Crippen LogP contribution in [0.25, 0.3) is 11.0 Å². The van der Waals surface area contributed by atoms with Crippen molar-refractivity contribution in [1.29, 1.82) is 0 Å². The molecule has 0 spiro atoms. The largest absolute Gasteiger partial charge is 0.316 e. The van der Waals surface area contributed by atoms with E-state index in [0.29, 0.717) is 5.92 Å². The van der Waals surface area contributed by atoms with E-state index in [1.807, 2.05) is 6.20 Å². The van der Waals surface area contributed by atoms with Gasteiger partial charge in [-0.3, -0.25) is 5.10 Å². The first-order valence-electron chi connectivity index (χ1n) is 4.80. The fourth-order valence-electron chi connectivity index (χ4n) is 1.82. The lowest BCUT2D eigenvalue weighted by atomic mass is 10.1. The Morgan fingerprint density at radius 3 is 3.21 bits per heavy atom. The highest BCUT2D eigenvalue weighted by Crippen LogP contribution is 2.19. The predicted octanol–water partition coefficient (Wildman–Crippen LogP) is 0.430. The summed E-state index contributed by atoms with van der Waals surface area (Å²) >= 11 is 0. The average molecular weight is 189 g/mol. The molecule has 1 fully saturated rings. The fourth-order valence-corrected chi connectivity index (χ4v) is 1.82. The molecule has 1 aliphatic rings. The van der Waals surface area contributed by atoms with Crippen LogP contribution in [-0.2, 0) is 0 Å². The molecule has 1 saturated heterocycles. The zero-order valence-corrected chi connectivity index (χ0v) is 7.70. The van der Waals surface area contributed by atoms with Gasteiger partial charge in [0, 0.05) is 18.7 Å². The first-order chi connectivity index (χ1) is 6.93. The van der Waals surface area contributed by atoms with Crippen molar-refractivity contribution in [3.63, 3.8) is 0 Å². The molecule has 3 heterocycles. The molecular formula is C9H11N5. The van der Waals surface area contributed by atoms with E-state index in [2.05, 4.69) is 25.5 Å². The quantitative estimate of drug-likeness (QED) is 0.682. The van der Waals surface area contributed by atoms with Crippen LogP contribution in [0.2, 0.25) is 0 Å². The van der Waals surface area contributed by atoms with Crippen LogP contribution in [0.15, 0.2) is 12.4 Å². The second-order valence-corrected chi connectivity index (χ2v) is 3.59. The lowest BCUT2D eigenvalue weighted by molar-refractivity contribution is 0.706. The van der Waals surface area contributed by atoms with Crippen molar-refractivity contribution in [2.24, 2.45) is 0 Å². The molecule has 3 rings (SSSR count). The molecule has 0 bridgehead atoms. The number of H-pyrrole nitrogens is 1. The molecule has 0 amide bonds. The number of aromatic amines is 1. The Morgan fingerprint density at radius 1 is 1.36 bits per heavy atom. The van der Waals surface area contributed by atoms with Gasteiger partial charge in [0.1, 0.15) is 5.82 Å². The molecule has 0 saturated carbocycles. The van der Waals surface area contributed by atoms with Gasteiger partial charge in [0.25, 0.3) is 0 Å². The van der Waals surface area contributed by atoms with Crippen LogP contribution >= 0.6 is 0 Å². The average Bonchev–Trinajstić information content (AvgIpc) is 2.88. The smallest absolute Gasteiger partial charge is 0.158 e. The molecular weight excluding hydrogens is 178 g/mol. The second-order valence-electron chi connectivity index (χ2n) is 3.59. The van der Waals surface area contributed by atoms with Crippen LogP contribution in [0.1, 0.15) is 18.2 Å². The fraction of sp³-hybridized carbons (Fsp3) is 0.444. The standard InChI is InChI=1S/C9H11N5/c1-2-10-3-6(1)8-11-4-7-5-12-14-9(7)13-8/h4-6,10H,1-3H2,(H,11,12,13,14). The Morgan fingerprint density at radius 2 is 2.36 bits per heavy atom. The Kier molecular flexibility index (Phi) is 1.70. The Balaban J connectivity index is 2.04. The van der Waals surface area contributed by atoms with Crippen molar-refractivity contribution < 1.29 is 0 Å². The maximum atomic E-state index is 4.45. The van der Waals surface area contributed by atoms with Crippen LogP contribution in [-0.4, -0.2) is 33.3 Å². The summed E-state index contributed by atoms with van der Waals surface area (Å²) in [6.45, 7) is 2.05. The lowest BCUT2D eigenvalue weighted by Gasteiger charge is -2.04. The van der Waals surface area contributed by atoms with Crippen LogP contribution in [0.3, 0.4) is 0 Å². The third kappa shape index (κ3) is 1.17. The van der Waals surface area contributed by atoms with Gasteiger partial charge < -0.3 is 5.32 Å². The van der Waals surface area contributed by atoms with E-state index >= 15 is 0 Å². The van der Waals surface area contributed by atoms with Crippen LogP contribution in [0.4, 0.5) is 0 Å². The first kappa shape index (κ1) is 7.87. The SMILES string of the molecule is c1n[nH]c2nc(C3CCNC3)ncc12. The van der Waals surface area contributed by atoms with Crippen molar-refractivity contribution in [2.75, 3.05) is 13.1 Å². The molecule has 0 aliphatic carbocycles. The zero-order chi connectivity index (χ0) is 9.38. The predicted molar refractivity (Wildman–Crippen MR) is 51.9 cm³/mol. The molecule has 0 radical (unpaired) electrons. The van der Waals surface area contributed by atoms with Gasteiger partial charge in [-0.05, 0) is 13.0 Å². The van der Waals surface area contributed by atoms with Crippen LogP contribution in [0, 0.1) is 0 Å². The molecule has 14 heavy (non-hydrogen) atoms. The molecule has 2 N–H and O–H groups in total. The highest BCUT2D eigenvalue weighted by Gasteiger charge is 2.19. The van der Waals surface area contributed by atoms with Crippen LogP contribution < -0.4 is 5.32 Å². The molecule has 1 unspecified atom stereocenters. The summed E-state index contributed by atoms with van der Waals surface area (Å²) in [7, 11) is 0. The second kappa shape index (κ2) is 3.02. The van der Waals surface area contributed by atoms with Crippen molar-refractivity contribution in [3.05, 3.63) is 18.2 Å². The number of fused-ring (bicyclic) bond motifs is 1. The van der Waals surface area contributed by atoms with Crippen molar-refractivity contribution >= 4 is 11.0 Å². The van der Waals surface area contributed by atoms with Crippen molar-refractivity contribution in [3.8, 4) is 0 Å². The minimum Gasteiger partial charge on any atom is -0.316 e. The minimum atomic E-state index is 0.461. The first-order valence-corrected chi connectivity index (χ1v) is 4.80. The summed E-state index contributed by atoms with van der Waals surface area (Å²) in [4.78, 5) is 8.80. The van der Waals surface area contributed by atoms with Crippen molar-refractivity contribution in [1.82, 2.24) is 25.5 Å². The number of hydrogen-bond acceptors (Lipinski definition) is 4. The number of nitrogens with zero attached hydrogens (tertiary/aromatic N) is 3. The molecule has 2 aromatic heterocycles. The lowest BCUT2D eigenvalue weighted by Crippen LogP contribution is -2.10. The highest BCUT2D eigenvalue weighted by molar-refractivity contribution is 5.72. The summed E-state index contributed by atoms with van der Waals surface area (Å²) in [6.07, 6.45) is 4.70. The Hall–Kier alpha value is -1.49. The summed E-state index contributed by atoms with van der Waals surface area (Å²) in [6, 6.07) is 0. The number of nitrogens with one attached hydrogen (secondary N) is 2. The molecule has 72 valence electrons. The Bertz CT molecular complexity index is 443. The van der Waals surface area contributed by atoms with E-state index in [4.69, 9.17) is 0 Å². The van der Waals surface area contributed by atoms with E-state index in [9.17, 15) is 0 Å². The molecule has 1 atom stereocenters. The summed E-state index contributed by atoms with van der Waals surface area (Å²) in [5, 5.41) is 11.1. The highest BCUT2D eigenvalue weighted by atomic mass is 15.1. The number of hydrogen-bond donors (Lipinski definition) is 2. The van der Waals surface area contributed by atoms with Gasteiger partial charge in [-0.2, -0.15) is 5.10 Å². The number of rotatable bonds is 1. The van der Waals surface area contributed by atoms with Gasteiger partial charge in [-0.25, -0.2) is 9.97 Å². The van der Waals surface area contributed by atoms with Crippen molar-refractivity contribution in [2.45, 2.75) is 12.3 Å². The molecule has 2 aromatic rings. The van der Waals surface area contributed by atoms with Gasteiger partial charge in [0.05, 0.1) is 11.6 Å². The summed E-state index contributed by atoms with van der Waals surface area (Å²) in [5.41, 5.74) is 0.835. The number of aromatic nitrogens is 4. The van der Waals surface area contributed by atoms with Gasteiger partial charge in [0.15, 0.2) is 5.65 Å². The normalized spacial score (nSPS) is 21.9. The van der Waals surface area contributed by atoms with Gasteiger partial charge in [0.2, 0.25) is 0 Å². The minimum absolute atomic E-state index is 0.461. The van der Waals surface area contributed by atoms with E-state index < -0.39 is 0 Å². The van der Waals surface area contributed by atoms with E-state index in [1.165, 1.54) is 0 Å². The van der Waals surface area contributed by atoms with Gasteiger partial charge in [-0.15, -0.1) is 0 Å². The molecule has 5 heteroatoms. The van der Waals surface area contributed by atoms with E-state index in [1.54, 1.807) is 6.20 Å². The third-order valence-electron chi connectivity index (χ3n) is 2.64. The van der Waals surface area contributed by atoms with E-state index in [0.717, 1.165) is 36.4 Å². The topological polar surface area (TPSA) is 66.5 Å². The summed E-state index contributed by atoms with van der Waals surface area (Å²) in [5.74, 6) is 1.38. The van der Waals surface area contributed by atoms with Crippen LogP contribution in [0.5, 0.6) is 0 Å². The maximum Gasteiger partial charge on any atom is 0.158 e. The molecule has 5 nitrogen and oxygen atoms in total. The summed E-state index contributed by atoms with van der Waals surface area (Å²) < 4.78 is 0. The van der Waals surface area contributed by atoms with E-state index in [-0.39, 0.29) is 0 Å². The van der Waals surface area contributed by atoms with Gasteiger partial charge in [-0.1, -0.05) is 0 Å². The Labute approximate surface area is 81.0 Å². The van der Waals surface area contributed by atoms with Gasteiger partial charge >= 0.3 is 0 Å². The monoisotopic (exact) mass is 189 g/mol. The molecule has 0 aromatic carbocycles. The molecule has 1 aliphatic heterocycles. The maximum absolute atomic E-state index is 4.45.